The molecule has 1 aliphatic heterocycles. The molecule has 0 aromatic rings. The molecule has 0 radical (unpaired) electrons. The van der Waals surface area contributed by atoms with Crippen LogP contribution < -0.4 is 10.6 Å². The van der Waals surface area contributed by atoms with Crippen LogP contribution in [0.4, 0.5) is 0 Å². The van der Waals surface area contributed by atoms with Crippen molar-refractivity contribution in [2.24, 2.45) is 0 Å². The first kappa shape index (κ1) is 16.4. The fourth-order valence-corrected chi connectivity index (χ4v) is 2.65. The number of nitrogens with one attached hydrogen (secondary N) is 2. The lowest BCUT2D eigenvalue weighted by molar-refractivity contribution is -0.127. The van der Waals surface area contributed by atoms with Crippen molar-refractivity contribution in [3.05, 3.63) is 0 Å². The predicted molar refractivity (Wildman–Crippen MR) is 80.2 cm³/mol. The van der Waals surface area contributed by atoms with E-state index in [1.54, 1.807) is 0 Å². The van der Waals surface area contributed by atoms with Crippen molar-refractivity contribution in [3.63, 3.8) is 0 Å². The zero-order valence-electron chi connectivity index (χ0n) is 13.3. The minimum atomic E-state index is -0.0213. The third kappa shape index (κ3) is 5.49. The molecule has 1 amide bonds. The molecule has 1 saturated heterocycles. The van der Waals surface area contributed by atoms with Gasteiger partial charge in [0.25, 0.3) is 0 Å². The highest BCUT2D eigenvalue weighted by molar-refractivity contribution is 5.81. The van der Waals surface area contributed by atoms with Gasteiger partial charge < -0.3 is 10.6 Å². The van der Waals surface area contributed by atoms with Crippen molar-refractivity contribution in [1.29, 1.82) is 0 Å². The van der Waals surface area contributed by atoms with E-state index in [0.29, 0.717) is 12.6 Å². The Morgan fingerprint density at radius 1 is 1.37 bits per heavy atom. The van der Waals surface area contributed by atoms with Gasteiger partial charge in [-0.15, -0.1) is 0 Å². The van der Waals surface area contributed by atoms with Crippen LogP contribution in [-0.4, -0.2) is 48.1 Å². The number of amides is 1. The molecule has 1 rings (SSSR count). The number of hydrogen-bond acceptors (Lipinski definition) is 3. The number of likely N-dealkylation sites (N-methyl/N-ethyl adjacent to an activating group) is 1. The molecule has 0 aromatic carbocycles. The highest BCUT2D eigenvalue weighted by Crippen LogP contribution is 2.20. The minimum absolute atomic E-state index is 0.0213. The zero-order chi connectivity index (χ0) is 14.5. The van der Waals surface area contributed by atoms with Gasteiger partial charge in [0.15, 0.2) is 0 Å². The Hall–Kier alpha value is -0.610. The van der Waals surface area contributed by atoms with Gasteiger partial charge in [0.1, 0.15) is 0 Å². The van der Waals surface area contributed by atoms with Crippen LogP contribution >= 0.6 is 0 Å². The Bertz CT molecular complexity index is 286. The Morgan fingerprint density at radius 2 is 2.05 bits per heavy atom. The molecule has 1 aliphatic rings. The summed E-state index contributed by atoms with van der Waals surface area (Å²) >= 11 is 0. The Balaban J connectivity index is 2.59. The first-order valence-electron chi connectivity index (χ1n) is 7.63. The molecule has 2 N–H and O–H groups in total. The van der Waals surface area contributed by atoms with Crippen molar-refractivity contribution in [3.8, 4) is 0 Å². The van der Waals surface area contributed by atoms with E-state index in [2.05, 4.69) is 36.3 Å². The number of carbonyl (C=O) groups excluding carboxylic acids is 1. The summed E-state index contributed by atoms with van der Waals surface area (Å²) in [6.45, 7) is 13.3. The van der Waals surface area contributed by atoms with Gasteiger partial charge in [-0.2, -0.15) is 0 Å². The highest BCUT2D eigenvalue weighted by atomic mass is 16.2. The summed E-state index contributed by atoms with van der Waals surface area (Å²) in [4.78, 5) is 14.4. The second-order valence-electron chi connectivity index (χ2n) is 6.59. The average molecular weight is 269 g/mol. The SMILES string of the molecule is CCNC(=O)C(C)N1CCCCC1CNC(C)(C)C. The van der Waals surface area contributed by atoms with Gasteiger partial charge in [-0.25, -0.2) is 0 Å². The van der Waals surface area contributed by atoms with Gasteiger partial charge >= 0.3 is 0 Å². The van der Waals surface area contributed by atoms with Gasteiger partial charge in [0.05, 0.1) is 6.04 Å². The first-order valence-corrected chi connectivity index (χ1v) is 7.63. The third-order valence-corrected chi connectivity index (χ3v) is 3.77. The maximum absolute atomic E-state index is 12.0. The van der Waals surface area contributed by atoms with E-state index in [1.807, 2.05) is 13.8 Å². The smallest absolute Gasteiger partial charge is 0.237 e. The quantitative estimate of drug-likeness (QED) is 0.799. The Labute approximate surface area is 118 Å². The number of likely N-dealkylation sites (tertiary alicyclic amines) is 1. The molecule has 19 heavy (non-hydrogen) atoms. The Kier molecular flexibility index (Phi) is 6.27. The normalized spacial score (nSPS) is 23.1. The van der Waals surface area contributed by atoms with Gasteiger partial charge in [-0.1, -0.05) is 6.42 Å². The summed E-state index contributed by atoms with van der Waals surface area (Å²) in [7, 11) is 0. The molecule has 1 heterocycles. The second kappa shape index (κ2) is 7.25. The summed E-state index contributed by atoms with van der Waals surface area (Å²) in [5, 5.41) is 6.51. The maximum Gasteiger partial charge on any atom is 0.237 e. The van der Waals surface area contributed by atoms with Crippen LogP contribution in [0.1, 0.15) is 53.9 Å². The van der Waals surface area contributed by atoms with Crippen LogP contribution in [0.25, 0.3) is 0 Å². The highest BCUT2D eigenvalue weighted by Gasteiger charge is 2.30. The second-order valence-corrected chi connectivity index (χ2v) is 6.59. The summed E-state index contributed by atoms with van der Waals surface area (Å²) < 4.78 is 0. The molecule has 1 fully saturated rings. The number of nitrogens with zero attached hydrogens (tertiary/aromatic N) is 1. The monoisotopic (exact) mass is 269 g/mol. The number of rotatable bonds is 5. The van der Waals surface area contributed by atoms with Gasteiger partial charge in [0.2, 0.25) is 5.91 Å². The fraction of sp³-hybridized carbons (Fsp3) is 0.933. The minimum Gasteiger partial charge on any atom is -0.355 e. The lowest BCUT2D eigenvalue weighted by Crippen LogP contribution is -2.56. The topological polar surface area (TPSA) is 44.4 Å². The lowest BCUT2D eigenvalue weighted by atomic mass is 9.98. The van der Waals surface area contributed by atoms with E-state index in [1.165, 1.54) is 19.3 Å². The number of piperidine rings is 1. The Morgan fingerprint density at radius 3 is 2.63 bits per heavy atom. The average Bonchev–Trinajstić information content (AvgIpc) is 2.35. The van der Waals surface area contributed by atoms with Gasteiger partial charge in [0, 0.05) is 24.7 Å². The molecular weight excluding hydrogens is 238 g/mol. The summed E-state index contributed by atoms with van der Waals surface area (Å²) in [5.74, 6) is 0.158. The van der Waals surface area contributed by atoms with Crippen LogP contribution in [0.15, 0.2) is 0 Å². The zero-order valence-corrected chi connectivity index (χ0v) is 13.3. The molecule has 0 bridgehead atoms. The summed E-state index contributed by atoms with van der Waals surface area (Å²) in [6.07, 6.45) is 3.66. The predicted octanol–water partition coefficient (Wildman–Crippen LogP) is 1.75. The molecule has 2 unspecified atom stereocenters. The molecule has 0 saturated carbocycles. The molecular formula is C15H31N3O. The number of hydrogen-bond donors (Lipinski definition) is 2. The third-order valence-electron chi connectivity index (χ3n) is 3.77. The van der Waals surface area contributed by atoms with Crippen LogP contribution in [0.5, 0.6) is 0 Å². The van der Waals surface area contributed by atoms with E-state index >= 15 is 0 Å². The molecule has 4 nitrogen and oxygen atoms in total. The van der Waals surface area contributed by atoms with Crippen molar-refractivity contribution < 1.29 is 4.79 Å². The largest absolute Gasteiger partial charge is 0.355 e. The first-order chi connectivity index (χ1) is 8.85. The van der Waals surface area contributed by atoms with Gasteiger partial charge in [-0.3, -0.25) is 9.69 Å². The van der Waals surface area contributed by atoms with Gasteiger partial charge in [-0.05, 0) is 54.0 Å². The van der Waals surface area contributed by atoms with Crippen LogP contribution in [0.2, 0.25) is 0 Å². The van der Waals surface area contributed by atoms with Crippen molar-refractivity contribution in [1.82, 2.24) is 15.5 Å². The van der Waals surface area contributed by atoms with Crippen molar-refractivity contribution in [2.45, 2.75) is 71.5 Å². The van der Waals surface area contributed by atoms with E-state index in [4.69, 9.17) is 0 Å². The molecule has 0 spiro atoms. The standard InChI is InChI=1S/C15H31N3O/c1-6-16-14(19)12(2)18-10-8-7-9-13(18)11-17-15(3,4)5/h12-13,17H,6-11H2,1-5H3,(H,16,19). The fourth-order valence-electron chi connectivity index (χ4n) is 2.65. The molecule has 0 aliphatic carbocycles. The van der Waals surface area contributed by atoms with E-state index < -0.39 is 0 Å². The van der Waals surface area contributed by atoms with E-state index in [-0.39, 0.29) is 17.5 Å². The van der Waals surface area contributed by atoms with Crippen LogP contribution in [0.3, 0.4) is 0 Å². The summed E-state index contributed by atoms with van der Waals surface area (Å²) in [5.41, 5.74) is 0.137. The molecule has 4 heteroatoms. The molecule has 112 valence electrons. The maximum atomic E-state index is 12.0. The summed E-state index contributed by atoms with van der Waals surface area (Å²) in [6, 6.07) is 0.456. The van der Waals surface area contributed by atoms with E-state index in [9.17, 15) is 4.79 Å². The van der Waals surface area contributed by atoms with Crippen molar-refractivity contribution in [2.75, 3.05) is 19.6 Å². The van der Waals surface area contributed by atoms with Crippen LogP contribution in [0, 0.1) is 0 Å². The molecule has 2 atom stereocenters. The van der Waals surface area contributed by atoms with E-state index in [0.717, 1.165) is 13.1 Å². The van der Waals surface area contributed by atoms with Crippen molar-refractivity contribution >= 4 is 5.91 Å². The van der Waals surface area contributed by atoms with Crippen LogP contribution in [-0.2, 0) is 4.79 Å². The molecule has 0 aromatic heterocycles. The lowest BCUT2D eigenvalue weighted by Gasteiger charge is -2.40. The number of carbonyl (C=O) groups is 1.